The molecule has 2 N–H and O–H groups in total. The third-order valence-electron chi connectivity index (χ3n) is 4.36. The second-order valence-corrected chi connectivity index (χ2v) is 5.88. The van der Waals surface area contributed by atoms with Crippen molar-refractivity contribution in [2.24, 2.45) is 5.73 Å². The Morgan fingerprint density at radius 2 is 1.70 bits per heavy atom. The summed E-state index contributed by atoms with van der Waals surface area (Å²) in [6.07, 6.45) is 6.12. The van der Waals surface area contributed by atoms with Crippen LogP contribution in [0.1, 0.15) is 35.1 Å². The van der Waals surface area contributed by atoms with Crippen molar-refractivity contribution in [2.75, 3.05) is 6.54 Å². The number of benzene rings is 2. The van der Waals surface area contributed by atoms with E-state index in [1.165, 1.54) is 47.9 Å². The highest BCUT2D eigenvalue weighted by atomic mass is 14.5. The molecule has 0 aromatic heterocycles. The van der Waals surface area contributed by atoms with E-state index in [1.807, 2.05) is 0 Å². The molecule has 0 heterocycles. The highest BCUT2D eigenvalue weighted by molar-refractivity contribution is 5.67. The molecule has 0 aliphatic heterocycles. The van der Waals surface area contributed by atoms with Gasteiger partial charge in [0.05, 0.1) is 0 Å². The molecule has 3 rings (SSSR count). The van der Waals surface area contributed by atoms with Crippen molar-refractivity contribution < 1.29 is 0 Å². The summed E-state index contributed by atoms with van der Waals surface area (Å²) < 4.78 is 0. The first-order chi connectivity index (χ1) is 9.78. The van der Waals surface area contributed by atoms with E-state index in [2.05, 4.69) is 43.3 Å². The zero-order chi connectivity index (χ0) is 13.9. The average molecular weight is 265 g/mol. The molecule has 0 fully saturated rings. The highest BCUT2D eigenvalue weighted by Crippen LogP contribution is 2.31. The molecule has 0 unspecified atom stereocenters. The summed E-state index contributed by atoms with van der Waals surface area (Å²) in [6.45, 7) is 2.88. The van der Waals surface area contributed by atoms with E-state index in [0.29, 0.717) is 0 Å². The average Bonchev–Trinajstić information content (AvgIpc) is 2.48. The van der Waals surface area contributed by atoms with E-state index < -0.39 is 0 Å². The molecule has 1 nitrogen and oxygen atoms in total. The van der Waals surface area contributed by atoms with Crippen LogP contribution in [0.15, 0.2) is 36.4 Å². The van der Waals surface area contributed by atoms with Gasteiger partial charge in [0.25, 0.3) is 0 Å². The molecule has 1 aliphatic rings. The molecule has 0 saturated carbocycles. The van der Waals surface area contributed by atoms with E-state index in [1.54, 1.807) is 11.1 Å². The number of hydrogen-bond acceptors (Lipinski definition) is 1. The standard InChI is InChI=1S/C19H23N/c1-14-6-8-15(9-7-14)18-12-16-4-2-3-5-19(16)17(13-18)10-11-20/h6-9,12-13H,2-5,10-11,20H2,1H3. The predicted molar refractivity (Wildman–Crippen MR) is 86.0 cm³/mol. The topological polar surface area (TPSA) is 26.0 Å². The molecular weight excluding hydrogens is 242 g/mol. The van der Waals surface area contributed by atoms with Crippen molar-refractivity contribution in [1.29, 1.82) is 0 Å². The molecule has 20 heavy (non-hydrogen) atoms. The van der Waals surface area contributed by atoms with Crippen LogP contribution in [-0.4, -0.2) is 6.54 Å². The summed E-state index contributed by atoms with van der Waals surface area (Å²) in [5.41, 5.74) is 14.4. The van der Waals surface area contributed by atoms with E-state index in [9.17, 15) is 0 Å². The van der Waals surface area contributed by atoms with Gasteiger partial charge in [0.15, 0.2) is 0 Å². The summed E-state index contributed by atoms with van der Waals surface area (Å²) in [5, 5.41) is 0. The Hall–Kier alpha value is -1.60. The molecule has 1 aliphatic carbocycles. The Kier molecular flexibility index (Phi) is 3.88. The van der Waals surface area contributed by atoms with Gasteiger partial charge in [-0.25, -0.2) is 0 Å². The van der Waals surface area contributed by atoms with Crippen molar-refractivity contribution >= 4 is 0 Å². The molecule has 104 valence electrons. The van der Waals surface area contributed by atoms with Gasteiger partial charge in [-0.3, -0.25) is 0 Å². The first kappa shape index (κ1) is 13.4. The van der Waals surface area contributed by atoms with Gasteiger partial charge in [-0.15, -0.1) is 0 Å². The summed E-state index contributed by atoms with van der Waals surface area (Å²) in [6, 6.07) is 13.6. The molecule has 1 heteroatoms. The molecule has 0 spiro atoms. The molecule has 2 aromatic carbocycles. The second-order valence-electron chi connectivity index (χ2n) is 5.88. The minimum absolute atomic E-state index is 0.740. The predicted octanol–water partition coefficient (Wildman–Crippen LogP) is 4.04. The normalized spacial score (nSPS) is 14.1. The van der Waals surface area contributed by atoms with Crippen LogP contribution >= 0.6 is 0 Å². The van der Waals surface area contributed by atoms with Crippen LogP contribution < -0.4 is 5.73 Å². The van der Waals surface area contributed by atoms with Gasteiger partial charge in [0, 0.05) is 0 Å². The summed E-state index contributed by atoms with van der Waals surface area (Å²) in [4.78, 5) is 0. The first-order valence-corrected chi connectivity index (χ1v) is 7.69. The lowest BCUT2D eigenvalue weighted by molar-refractivity contribution is 0.678. The zero-order valence-corrected chi connectivity index (χ0v) is 12.3. The van der Waals surface area contributed by atoms with Crippen LogP contribution in [0.5, 0.6) is 0 Å². The van der Waals surface area contributed by atoms with Crippen molar-refractivity contribution in [2.45, 2.75) is 39.0 Å². The monoisotopic (exact) mass is 265 g/mol. The van der Waals surface area contributed by atoms with Crippen LogP contribution in [0.25, 0.3) is 11.1 Å². The second kappa shape index (κ2) is 5.80. The fourth-order valence-corrected chi connectivity index (χ4v) is 3.25. The maximum Gasteiger partial charge on any atom is -0.00366 e. The zero-order valence-electron chi connectivity index (χ0n) is 12.3. The molecule has 0 amide bonds. The van der Waals surface area contributed by atoms with Gasteiger partial charge in [0.2, 0.25) is 0 Å². The Morgan fingerprint density at radius 1 is 0.950 bits per heavy atom. The lowest BCUT2D eigenvalue weighted by Gasteiger charge is -2.21. The molecular formula is C19H23N. The maximum absolute atomic E-state index is 5.80. The first-order valence-electron chi connectivity index (χ1n) is 7.69. The van der Waals surface area contributed by atoms with E-state index >= 15 is 0 Å². The minimum Gasteiger partial charge on any atom is -0.330 e. The van der Waals surface area contributed by atoms with E-state index in [0.717, 1.165) is 13.0 Å². The fraction of sp³-hybridized carbons (Fsp3) is 0.368. The van der Waals surface area contributed by atoms with Gasteiger partial charge < -0.3 is 5.73 Å². The van der Waals surface area contributed by atoms with Gasteiger partial charge in [0.1, 0.15) is 0 Å². The number of aryl methyl sites for hydroxylation is 2. The van der Waals surface area contributed by atoms with Crippen LogP contribution in [0.2, 0.25) is 0 Å². The van der Waals surface area contributed by atoms with Crippen LogP contribution in [-0.2, 0) is 19.3 Å². The summed E-state index contributed by atoms with van der Waals surface area (Å²) in [7, 11) is 0. The van der Waals surface area contributed by atoms with Gasteiger partial charge in [-0.05, 0) is 73.4 Å². The number of nitrogens with two attached hydrogens (primary N) is 1. The number of hydrogen-bond donors (Lipinski definition) is 1. The van der Waals surface area contributed by atoms with E-state index in [4.69, 9.17) is 5.73 Å². The third-order valence-corrected chi connectivity index (χ3v) is 4.36. The smallest absolute Gasteiger partial charge is 0.00366 e. The lowest BCUT2D eigenvalue weighted by atomic mass is 9.84. The highest BCUT2D eigenvalue weighted by Gasteiger charge is 2.15. The lowest BCUT2D eigenvalue weighted by Crippen LogP contribution is -2.11. The number of rotatable bonds is 3. The summed E-state index contributed by atoms with van der Waals surface area (Å²) in [5.74, 6) is 0. The number of fused-ring (bicyclic) bond motifs is 1. The van der Waals surface area contributed by atoms with Crippen molar-refractivity contribution in [3.05, 3.63) is 58.7 Å². The minimum atomic E-state index is 0.740. The van der Waals surface area contributed by atoms with Crippen molar-refractivity contribution in [3.8, 4) is 11.1 Å². The van der Waals surface area contributed by atoms with Gasteiger partial charge in [-0.1, -0.05) is 42.0 Å². The maximum atomic E-state index is 5.80. The molecule has 0 bridgehead atoms. The van der Waals surface area contributed by atoms with Gasteiger partial charge >= 0.3 is 0 Å². The Bertz CT molecular complexity index is 596. The largest absolute Gasteiger partial charge is 0.330 e. The third kappa shape index (κ3) is 2.64. The SMILES string of the molecule is Cc1ccc(-c2cc(CCN)c3c(c2)CCCC3)cc1. The molecule has 0 radical (unpaired) electrons. The fourth-order valence-electron chi connectivity index (χ4n) is 3.25. The molecule has 2 aromatic rings. The van der Waals surface area contributed by atoms with Gasteiger partial charge in [-0.2, -0.15) is 0 Å². The quantitative estimate of drug-likeness (QED) is 0.890. The molecule has 0 atom stereocenters. The van der Waals surface area contributed by atoms with Crippen molar-refractivity contribution in [1.82, 2.24) is 0 Å². The van der Waals surface area contributed by atoms with Crippen LogP contribution in [0.4, 0.5) is 0 Å². The van der Waals surface area contributed by atoms with Crippen LogP contribution in [0.3, 0.4) is 0 Å². The Labute approximate surface area is 121 Å². The van der Waals surface area contributed by atoms with E-state index in [-0.39, 0.29) is 0 Å². The molecule has 0 saturated heterocycles. The van der Waals surface area contributed by atoms with Crippen LogP contribution in [0, 0.1) is 6.92 Å². The summed E-state index contributed by atoms with van der Waals surface area (Å²) >= 11 is 0. The Balaban J connectivity index is 2.07. The Morgan fingerprint density at radius 3 is 2.45 bits per heavy atom. The van der Waals surface area contributed by atoms with Crippen molar-refractivity contribution in [3.63, 3.8) is 0 Å².